The first kappa shape index (κ1) is 8.18. The second-order valence-electron chi connectivity index (χ2n) is 1.93. The maximum absolute atomic E-state index is 8.91. The van der Waals surface area contributed by atoms with Crippen LogP contribution in [0.1, 0.15) is 11.7 Å². The van der Waals surface area contributed by atoms with E-state index in [-0.39, 0.29) is 0 Å². The second kappa shape index (κ2) is 3.25. The topological polar surface area (TPSA) is 20.2 Å². The van der Waals surface area contributed by atoms with Crippen molar-refractivity contribution >= 4 is 0 Å². The number of aliphatic hydroxyl groups excluding tert-OH is 1. The summed E-state index contributed by atoms with van der Waals surface area (Å²) >= 11 is 0. The first-order chi connectivity index (χ1) is 4.30. The maximum Gasteiger partial charge on any atom is 0 e. The molecule has 1 atom stereocenters. The molecule has 0 spiro atoms. The fourth-order valence-electron chi connectivity index (χ4n) is 0.675. The predicted octanol–water partition coefficient (Wildman–Crippen LogP) is 1.55. The van der Waals surface area contributed by atoms with Gasteiger partial charge in [-0.1, -0.05) is 35.9 Å². The Hall–Kier alpha value is -1.82. The van der Waals surface area contributed by atoms with Crippen LogP contribution in [0, 0.1) is 6.92 Å². The van der Waals surface area contributed by atoms with E-state index in [4.69, 9.17) is 5.11 Å². The summed E-state index contributed by atoms with van der Waals surface area (Å²) < 4.78 is 0. The molecule has 1 N–H and O–H groups in total. The first-order valence-electron chi connectivity index (χ1n) is 2.87. The van der Waals surface area contributed by atoms with E-state index in [9.17, 15) is 0 Å². The van der Waals surface area contributed by atoms with Crippen molar-refractivity contribution in [1.82, 2.24) is 0 Å². The van der Waals surface area contributed by atoms with Gasteiger partial charge in [0.25, 0.3) is 0 Å². The summed E-state index contributed by atoms with van der Waals surface area (Å²) in [6.45, 7) is 3.46. The van der Waals surface area contributed by atoms with Gasteiger partial charge in [0.1, 0.15) is 0 Å². The van der Waals surface area contributed by atoms with Crippen LogP contribution >= 0.6 is 0 Å². The molecule has 0 fully saturated rings. The molecule has 0 aliphatic carbocycles. The zero-order valence-electron chi connectivity index (χ0n) is 5.83. The van der Waals surface area contributed by atoms with Crippen LogP contribution < -0.4 is 0 Å². The SMILES string of the molecule is [CH2-]C(O)c1ccccc1.[Rf]. The fourth-order valence-corrected chi connectivity index (χ4v) is 0.675. The van der Waals surface area contributed by atoms with Crippen molar-refractivity contribution in [3.8, 4) is 0 Å². The summed E-state index contributed by atoms with van der Waals surface area (Å²) in [5.74, 6) is 0. The first-order valence-corrected chi connectivity index (χ1v) is 2.87. The Labute approximate surface area is 55.0 Å². The molecule has 1 nitrogen and oxygen atoms in total. The van der Waals surface area contributed by atoms with E-state index in [1.165, 1.54) is 0 Å². The molecular weight excluding hydrogens is 379 g/mol. The van der Waals surface area contributed by atoms with Crippen molar-refractivity contribution in [1.29, 1.82) is 0 Å². The smallest absolute Gasteiger partial charge is 0 e. The molecule has 0 aliphatic heterocycles. The molecule has 0 aliphatic rings. The van der Waals surface area contributed by atoms with Crippen LogP contribution in [0.3, 0.4) is 0 Å². The Morgan fingerprint density at radius 3 is 2.00 bits per heavy atom. The van der Waals surface area contributed by atoms with Crippen LogP contribution in [-0.4, -0.2) is 5.11 Å². The van der Waals surface area contributed by atoms with Gasteiger partial charge in [-0.05, 0) is 6.10 Å². The molecule has 1 unspecified atom stereocenters. The van der Waals surface area contributed by atoms with E-state index in [2.05, 4.69) is 6.92 Å². The molecule has 0 heterocycles. The minimum Gasteiger partial charge on any atom is -0.421 e. The average Bonchev–Trinajstić information content (AvgIpc) is 1.90. The normalized spacial score (nSPS) is 11.8. The molecule has 0 saturated heterocycles. The van der Waals surface area contributed by atoms with E-state index in [1.807, 2.05) is 30.3 Å². The van der Waals surface area contributed by atoms with Gasteiger partial charge in [-0.3, -0.25) is 0 Å². The van der Waals surface area contributed by atoms with Crippen LogP contribution in [-0.2, 0) is 0 Å². The summed E-state index contributed by atoms with van der Waals surface area (Å²) in [6, 6.07) is 9.36. The molecule has 0 aromatic heterocycles. The third-order valence-electron chi connectivity index (χ3n) is 1.18. The molecule has 0 radical (unpaired) electrons. The molecule has 1 aromatic rings. The van der Waals surface area contributed by atoms with Crippen molar-refractivity contribution in [2.75, 3.05) is 0 Å². The van der Waals surface area contributed by atoms with E-state index < -0.39 is 6.10 Å². The van der Waals surface area contributed by atoms with Crippen LogP contribution in [0.2, 0.25) is 0 Å². The van der Waals surface area contributed by atoms with Gasteiger partial charge in [0.05, 0.1) is 0 Å². The Bertz CT molecular complexity index is 172. The average molecular weight is 388 g/mol. The zero-order valence-corrected chi connectivity index (χ0v) is 12.2. The van der Waals surface area contributed by atoms with E-state index in [0.717, 1.165) is 5.56 Å². The van der Waals surface area contributed by atoms with Gasteiger partial charge in [0, 0.05) is 0 Å². The van der Waals surface area contributed by atoms with Gasteiger partial charge in [-0.15, -0.1) is 0 Å². The molecular formula is C8H9ORf-. The van der Waals surface area contributed by atoms with Crippen molar-refractivity contribution in [3.63, 3.8) is 0 Å². The number of rotatable bonds is 1. The van der Waals surface area contributed by atoms with Crippen molar-refractivity contribution in [3.05, 3.63) is 42.8 Å². The van der Waals surface area contributed by atoms with E-state index >= 15 is 0 Å². The minimum atomic E-state index is -0.591. The van der Waals surface area contributed by atoms with Crippen molar-refractivity contribution in [2.45, 2.75) is 6.10 Å². The predicted molar refractivity (Wildman–Crippen MR) is 36.8 cm³/mol. The van der Waals surface area contributed by atoms with Gasteiger partial charge in [-0.2, -0.15) is 0 Å². The summed E-state index contributed by atoms with van der Waals surface area (Å²) in [6.07, 6.45) is -0.591. The number of aliphatic hydroxyl groups is 1. The van der Waals surface area contributed by atoms with Gasteiger partial charge >= 0.3 is 0 Å². The monoisotopic (exact) mass is 388 g/mol. The molecule has 50 valence electrons. The Balaban J connectivity index is 0.000000810. The third-order valence-corrected chi connectivity index (χ3v) is 1.18. The van der Waals surface area contributed by atoms with Gasteiger partial charge in [-0.25, -0.2) is 0 Å². The maximum atomic E-state index is 8.91. The Morgan fingerprint density at radius 1 is 1.20 bits per heavy atom. The van der Waals surface area contributed by atoms with Crippen LogP contribution in [0.15, 0.2) is 30.3 Å². The molecule has 0 bridgehead atoms. The zero-order chi connectivity index (χ0) is 6.69. The number of hydrogen-bond acceptors (Lipinski definition) is 1. The summed E-state index contributed by atoms with van der Waals surface area (Å²) in [4.78, 5) is 0. The van der Waals surface area contributed by atoms with Gasteiger partial charge < -0.3 is 12.0 Å². The number of benzene rings is 1. The summed E-state index contributed by atoms with van der Waals surface area (Å²) in [5, 5.41) is 8.91. The third kappa shape index (κ3) is 1.60. The van der Waals surface area contributed by atoms with Crippen LogP contribution in [0.5, 0.6) is 0 Å². The standard InChI is InChI=1S/C8H9O.Rf/c1-7(9)8-5-3-2-4-6-8;/h2-7,9H,1H2;/q-1;. The van der Waals surface area contributed by atoms with Gasteiger partial charge in [0.2, 0.25) is 0 Å². The van der Waals surface area contributed by atoms with E-state index in [1.54, 1.807) is 0 Å². The van der Waals surface area contributed by atoms with Crippen molar-refractivity contribution in [2.24, 2.45) is 0 Å². The van der Waals surface area contributed by atoms with Crippen molar-refractivity contribution < 1.29 is 5.11 Å². The quantitative estimate of drug-likeness (QED) is 0.725. The molecule has 1 aromatic carbocycles. The summed E-state index contributed by atoms with van der Waals surface area (Å²) in [5.41, 5.74) is 0.859. The second-order valence-corrected chi connectivity index (χ2v) is 1.93. The Morgan fingerprint density at radius 2 is 1.70 bits per heavy atom. The minimum absolute atomic E-state index is 0. The molecule has 10 heavy (non-hydrogen) atoms. The molecule has 0 saturated carbocycles. The van der Waals surface area contributed by atoms with Crippen LogP contribution in [0.25, 0.3) is 0 Å². The van der Waals surface area contributed by atoms with Gasteiger partial charge in [0.15, 0.2) is 0 Å². The van der Waals surface area contributed by atoms with Crippen LogP contribution in [0.4, 0.5) is 0 Å². The molecule has 1 rings (SSSR count). The molecule has 2 heteroatoms. The largest absolute Gasteiger partial charge is 0.421 e. The Kier molecular flexibility index (Phi) is 2.66. The van der Waals surface area contributed by atoms with E-state index in [0.29, 0.717) is 0 Å². The summed E-state index contributed by atoms with van der Waals surface area (Å²) in [7, 11) is 0. The molecule has 0 amide bonds. The fraction of sp³-hybridized carbons (Fsp3) is 0.125. The number of hydrogen-bond donors (Lipinski definition) is 1.